The van der Waals surface area contributed by atoms with E-state index in [1.54, 1.807) is 18.2 Å². The summed E-state index contributed by atoms with van der Waals surface area (Å²) in [6.45, 7) is 3.38. The number of rotatable bonds is 7. The Kier molecular flexibility index (Phi) is 8.49. The second kappa shape index (κ2) is 10.6. The molecule has 2 amide bonds. The summed E-state index contributed by atoms with van der Waals surface area (Å²) in [5, 5.41) is 5.99. The number of ether oxygens (including phenoxy) is 1. The third-order valence-electron chi connectivity index (χ3n) is 4.12. The number of nitrogens with one attached hydrogen (secondary N) is 2. The zero-order valence-electron chi connectivity index (χ0n) is 15.8. The van der Waals surface area contributed by atoms with Gasteiger partial charge in [0.15, 0.2) is 6.61 Å². The molecule has 0 aliphatic rings. The van der Waals surface area contributed by atoms with Crippen molar-refractivity contribution in [1.29, 1.82) is 0 Å². The first-order valence-corrected chi connectivity index (χ1v) is 10.2. The molecule has 29 heavy (non-hydrogen) atoms. The Labute approximate surface area is 187 Å². The minimum absolute atomic E-state index is 0.0916. The molecule has 0 heterocycles. The van der Waals surface area contributed by atoms with Crippen LogP contribution in [0.3, 0.4) is 0 Å². The predicted molar refractivity (Wildman–Crippen MR) is 118 cm³/mol. The van der Waals surface area contributed by atoms with Gasteiger partial charge in [0.1, 0.15) is 0 Å². The van der Waals surface area contributed by atoms with E-state index >= 15 is 0 Å². The number of amides is 2. The third-order valence-corrected chi connectivity index (χ3v) is 5.72. The van der Waals surface area contributed by atoms with Crippen LogP contribution in [-0.4, -0.2) is 24.4 Å². The van der Waals surface area contributed by atoms with Gasteiger partial charge in [0, 0.05) is 22.3 Å². The average molecular weight is 502 g/mol. The molecule has 154 valence electrons. The number of esters is 1. The maximum absolute atomic E-state index is 12.0. The maximum atomic E-state index is 12.0. The van der Waals surface area contributed by atoms with Gasteiger partial charge in [-0.15, -0.1) is 0 Å². The van der Waals surface area contributed by atoms with Gasteiger partial charge in [-0.25, -0.2) is 0 Å². The Morgan fingerprint density at radius 3 is 2.34 bits per heavy atom. The molecule has 0 saturated heterocycles. The summed E-state index contributed by atoms with van der Waals surface area (Å²) in [5.41, 5.74) is 3.04. The van der Waals surface area contributed by atoms with E-state index in [4.69, 9.17) is 27.9 Å². The van der Waals surface area contributed by atoms with Crippen LogP contribution in [0.1, 0.15) is 24.0 Å². The minimum Gasteiger partial charge on any atom is -0.456 e. The lowest BCUT2D eigenvalue weighted by molar-refractivity contribution is -0.147. The predicted octanol–water partition coefficient (Wildman–Crippen LogP) is 5.27. The molecule has 2 N–H and O–H groups in total. The molecule has 0 saturated carbocycles. The monoisotopic (exact) mass is 500 g/mol. The highest BCUT2D eigenvalue weighted by Crippen LogP contribution is 2.26. The fourth-order valence-electron chi connectivity index (χ4n) is 2.34. The number of anilines is 2. The molecule has 0 unspecified atom stereocenters. The molecule has 0 bridgehead atoms. The Bertz CT molecular complexity index is 950. The van der Waals surface area contributed by atoms with Crippen molar-refractivity contribution in [3.63, 3.8) is 0 Å². The van der Waals surface area contributed by atoms with Crippen LogP contribution in [0.2, 0.25) is 10.0 Å². The van der Waals surface area contributed by atoms with Crippen LogP contribution in [0.25, 0.3) is 0 Å². The molecule has 2 aromatic carbocycles. The van der Waals surface area contributed by atoms with Crippen LogP contribution in [0.5, 0.6) is 0 Å². The number of carbonyl (C=O) groups excluding carboxylic acids is 3. The molecule has 0 atom stereocenters. The van der Waals surface area contributed by atoms with Gasteiger partial charge >= 0.3 is 5.97 Å². The number of halogens is 3. The Balaban J connectivity index is 1.75. The number of benzene rings is 2. The van der Waals surface area contributed by atoms with Crippen molar-refractivity contribution in [2.24, 2.45) is 0 Å². The van der Waals surface area contributed by atoms with E-state index in [9.17, 15) is 14.4 Å². The summed E-state index contributed by atoms with van der Waals surface area (Å²) < 4.78 is 5.87. The SMILES string of the molecule is Cc1c(Br)ccc(NC(=O)COC(=O)CCC(=O)Nc2ccc(Cl)c(Cl)c2)c1C. The first-order chi connectivity index (χ1) is 13.7. The van der Waals surface area contributed by atoms with E-state index in [1.807, 2.05) is 19.9 Å². The van der Waals surface area contributed by atoms with Crippen molar-refractivity contribution in [1.82, 2.24) is 0 Å². The lowest BCUT2D eigenvalue weighted by Gasteiger charge is -2.12. The van der Waals surface area contributed by atoms with E-state index in [2.05, 4.69) is 26.6 Å². The molecular formula is C20H19BrCl2N2O4. The minimum atomic E-state index is -0.645. The van der Waals surface area contributed by atoms with E-state index in [0.29, 0.717) is 21.4 Å². The van der Waals surface area contributed by atoms with Gasteiger partial charge in [-0.2, -0.15) is 0 Å². The lowest BCUT2D eigenvalue weighted by atomic mass is 10.1. The van der Waals surface area contributed by atoms with E-state index in [1.165, 1.54) is 6.07 Å². The molecular weight excluding hydrogens is 483 g/mol. The van der Waals surface area contributed by atoms with Gasteiger partial charge in [-0.05, 0) is 55.3 Å². The standard InChI is InChI=1S/C20H19BrCl2N2O4/c1-11-12(2)17(6-4-14(11)21)25-19(27)10-29-20(28)8-7-18(26)24-13-3-5-15(22)16(23)9-13/h3-6,9H,7-8,10H2,1-2H3,(H,24,26)(H,25,27). The molecule has 9 heteroatoms. The average Bonchev–Trinajstić information content (AvgIpc) is 2.68. The van der Waals surface area contributed by atoms with Gasteiger partial charge < -0.3 is 15.4 Å². The van der Waals surface area contributed by atoms with Crippen molar-refractivity contribution in [2.45, 2.75) is 26.7 Å². The number of hydrogen-bond donors (Lipinski definition) is 2. The van der Waals surface area contributed by atoms with Crippen LogP contribution in [0.4, 0.5) is 11.4 Å². The first kappa shape index (κ1) is 23.2. The van der Waals surface area contributed by atoms with Crippen LogP contribution < -0.4 is 10.6 Å². The fraction of sp³-hybridized carbons (Fsp3) is 0.250. The fourth-order valence-corrected chi connectivity index (χ4v) is 3.07. The van der Waals surface area contributed by atoms with E-state index in [0.717, 1.165) is 15.6 Å². The van der Waals surface area contributed by atoms with Crippen molar-refractivity contribution in [3.05, 3.63) is 56.0 Å². The van der Waals surface area contributed by atoms with Gasteiger partial charge in [0.25, 0.3) is 5.91 Å². The van der Waals surface area contributed by atoms with Crippen LogP contribution >= 0.6 is 39.1 Å². The summed E-state index contributed by atoms with van der Waals surface area (Å²) in [7, 11) is 0. The van der Waals surface area contributed by atoms with Crippen LogP contribution in [0, 0.1) is 13.8 Å². The maximum Gasteiger partial charge on any atom is 0.306 e. The zero-order valence-corrected chi connectivity index (χ0v) is 18.9. The van der Waals surface area contributed by atoms with Crippen molar-refractivity contribution >= 4 is 68.3 Å². The van der Waals surface area contributed by atoms with Gasteiger partial charge in [-0.3, -0.25) is 14.4 Å². The van der Waals surface area contributed by atoms with Crippen molar-refractivity contribution in [2.75, 3.05) is 17.2 Å². The first-order valence-electron chi connectivity index (χ1n) is 8.63. The van der Waals surface area contributed by atoms with Crippen molar-refractivity contribution < 1.29 is 19.1 Å². The van der Waals surface area contributed by atoms with Gasteiger partial charge in [-0.1, -0.05) is 39.1 Å². The molecule has 0 aliphatic heterocycles. The molecule has 0 aliphatic carbocycles. The van der Waals surface area contributed by atoms with Gasteiger partial charge in [0.05, 0.1) is 16.5 Å². The topological polar surface area (TPSA) is 84.5 Å². The summed E-state index contributed by atoms with van der Waals surface area (Å²) >= 11 is 15.1. The lowest BCUT2D eigenvalue weighted by Crippen LogP contribution is -2.22. The Morgan fingerprint density at radius 2 is 1.66 bits per heavy atom. The summed E-state index contributed by atoms with van der Waals surface area (Å²) in [5.74, 6) is -1.48. The summed E-state index contributed by atoms with van der Waals surface area (Å²) in [6, 6.07) is 8.26. The smallest absolute Gasteiger partial charge is 0.306 e. The molecule has 2 rings (SSSR count). The molecule has 6 nitrogen and oxygen atoms in total. The van der Waals surface area contributed by atoms with Crippen molar-refractivity contribution in [3.8, 4) is 0 Å². The second-order valence-electron chi connectivity index (χ2n) is 6.23. The highest BCUT2D eigenvalue weighted by Gasteiger charge is 2.13. The highest BCUT2D eigenvalue weighted by molar-refractivity contribution is 9.10. The second-order valence-corrected chi connectivity index (χ2v) is 7.90. The quantitative estimate of drug-likeness (QED) is 0.506. The molecule has 0 radical (unpaired) electrons. The Morgan fingerprint density at radius 1 is 0.931 bits per heavy atom. The van der Waals surface area contributed by atoms with Crippen LogP contribution in [0.15, 0.2) is 34.8 Å². The molecule has 0 fully saturated rings. The van der Waals surface area contributed by atoms with E-state index < -0.39 is 18.5 Å². The normalized spacial score (nSPS) is 10.4. The Hall–Kier alpha value is -2.09. The van der Waals surface area contributed by atoms with E-state index in [-0.39, 0.29) is 18.7 Å². The summed E-state index contributed by atoms with van der Waals surface area (Å²) in [6.07, 6.45) is -0.247. The van der Waals surface area contributed by atoms with Gasteiger partial charge in [0.2, 0.25) is 5.91 Å². The summed E-state index contributed by atoms with van der Waals surface area (Å²) in [4.78, 5) is 35.7. The van der Waals surface area contributed by atoms with Crippen LogP contribution in [-0.2, 0) is 19.1 Å². The molecule has 0 aromatic heterocycles. The third kappa shape index (κ3) is 7.03. The highest BCUT2D eigenvalue weighted by atomic mass is 79.9. The molecule has 2 aromatic rings. The zero-order chi connectivity index (χ0) is 21.6. The molecule has 0 spiro atoms. The largest absolute Gasteiger partial charge is 0.456 e. The number of hydrogen-bond acceptors (Lipinski definition) is 4. The number of carbonyl (C=O) groups is 3.